The van der Waals surface area contributed by atoms with Crippen molar-refractivity contribution < 1.29 is 30.8 Å². The van der Waals surface area contributed by atoms with Crippen LogP contribution in [-0.2, 0) is 20.8 Å². The van der Waals surface area contributed by atoms with E-state index in [1.807, 2.05) is 30.3 Å². The molecule has 0 spiro atoms. The van der Waals surface area contributed by atoms with Crippen LogP contribution in [0.4, 0.5) is 17.6 Å². The molecule has 2 unspecified atom stereocenters. The van der Waals surface area contributed by atoms with Gasteiger partial charge in [-0.15, -0.1) is 0 Å². The Morgan fingerprint density at radius 1 is 1.03 bits per heavy atom. The minimum Gasteiger partial charge on any atom is -0.352 e. The first-order chi connectivity index (χ1) is 16.0. The summed E-state index contributed by atoms with van der Waals surface area (Å²) in [6.07, 6.45) is -4.75. The maximum atomic E-state index is 15.5. The molecule has 184 valence electrons. The molecule has 10 heteroatoms. The van der Waals surface area contributed by atoms with Crippen LogP contribution in [0.1, 0.15) is 49.1 Å². The van der Waals surface area contributed by atoms with Crippen molar-refractivity contribution in [1.29, 1.82) is 0 Å². The van der Waals surface area contributed by atoms with E-state index >= 15 is 4.39 Å². The molecule has 2 aromatic carbocycles. The highest BCUT2D eigenvalue weighted by Gasteiger charge is 2.48. The maximum Gasteiger partial charge on any atom is 0.416 e. The summed E-state index contributed by atoms with van der Waals surface area (Å²) in [4.78, 5) is 12.0. The van der Waals surface area contributed by atoms with Crippen LogP contribution in [0.15, 0.2) is 59.5 Å². The Bertz CT molecular complexity index is 1130. The molecule has 1 heterocycles. The van der Waals surface area contributed by atoms with E-state index in [4.69, 9.17) is 0 Å². The lowest BCUT2D eigenvalue weighted by Crippen LogP contribution is -2.49. The summed E-state index contributed by atoms with van der Waals surface area (Å²) in [6, 6.07) is 12.2. The molecule has 1 amide bonds. The van der Waals surface area contributed by atoms with Gasteiger partial charge in [-0.3, -0.25) is 4.79 Å². The number of amides is 1. The Balaban J connectivity index is 1.36. The third-order valence-electron chi connectivity index (χ3n) is 6.75. The van der Waals surface area contributed by atoms with Crippen molar-refractivity contribution in [3.8, 4) is 0 Å². The first kappa shape index (κ1) is 24.7. The average molecular weight is 499 g/mol. The Morgan fingerprint density at radius 3 is 2.35 bits per heavy atom. The van der Waals surface area contributed by atoms with Crippen molar-refractivity contribution in [2.75, 3.05) is 6.54 Å². The fraction of sp³-hybridized carbons (Fsp3) is 0.458. The number of carbonyl (C=O) groups is 1. The van der Waals surface area contributed by atoms with Crippen LogP contribution in [0.25, 0.3) is 0 Å². The van der Waals surface area contributed by atoms with Gasteiger partial charge in [0.2, 0.25) is 20.7 Å². The van der Waals surface area contributed by atoms with Crippen LogP contribution in [0.5, 0.6) is 0 Å². The predicted molar refractivity (Wildman–Crippen MR) is 118 cm³/mol. The van der Waals surface area contributed by atoms with E-state index in [1.54, 1.807) is 0 Å². The van der Waals surface area contributed by atoms with Crippen molar-refractivity contribution in [3.05, 3.63) is 65.7 Å². The fourth-order valence-electron chi connectivity index (χ4n) is 4.73. The van der Waals surface area contributed by atoms with E-state index < -0.39 is 56.4 Å². The molecule has 1 saturated heterocycles. The average Bonchev–Trinajstić information content (AvgIpc) is 3.31. The minimum atomic E-state index is -4.73. The maximum absolute atomic E-state index is 15.5. The Labute approximate surface area is 195 Å². The quantitative estimate of drug-likeness (QED) is 0.602. The monoisotopic (exact) mass is 498 g/mol. The van der Waals surface area contributed by atoms with Gasteiger partial charge in [0.05, 0.1) is 16.5 Å². The topological polar surface area (TPSA) is 75.3 Å². The number of hydrogen-bond donors (Lipinski definition) is 2. The number of benzene rings is 2. The summed E-state index contributed by atoms with van der Waals surface area (Å²) < 4.78 is 80.2. The number of sulfone groups is 1. The number of rotatable bonds is 5. The van der Waals surface area contributed by atoms with Gasteiger partial charge in [0.15, 0.2) is 0 Å². The summed E-state index contributed by atoms with van der Waals surface area (Å²) in [7, 11) is -4.64. The molecule has 2 N–H and O–H groups in total. The summed E-state index contributed by atoms with van der Waals surface area (Å²) >= 11 is 0. The Morgan fingerprint density at radius 2 is 1.71 bits per heavy atom. The molecular weight excluding hydrogens is 472 g/mol. The number of hydrogen-bond acceptors (Lipinski definition) is 4. The van der Waals surface area contributed by atoms with Gasteiger partial charge in [0.1, 0.15) is 0 Å². The second-order valence-electron chi connectivity index (χ2n) is 9.00. The van der Waals surface area contributed by atoms with E-state index in [0.717, 1.165) is 23.8 Å². The fourth-order valence-corrected chi connectivity index (χ4v) is 6.46. The van der Waals surface area contributed by atoms with Crippen molar-refractivity contribution in [1.82, 2.24) is 10.6 Å². The van der Waals surface area contributed by atoms with Gasteiger partial charge in [-0.2, -0.15) is 13.2 Å². The molecule has 34 heavy (non-hydrogen) atoms. The van der Waals surface area contributed by atoms with Crippen LogP contribution in [0, 0.1) is 0 Å². The molecule has 0 bridgehead atoms. The Hall–Kier alpha value is -2.46. The van der Waals surface area contributed by atoms with Gasteiger partial charge in [-0.05, 0) is 61.8 Å². The van der Waals surface area contributed by atoms with Gasteiger partial charge in [-0.1, -0.05) is 36.4 Å². The van der Waals surface area contributed by atoms with Gasteiger partial charge >= 0.3 is 6.18 Å². The summed E-state index contributed by atoms with van der Waals surface area (Å²) in [5.74, 6) is -0.00470. The number of carbonyl (C=O) groups excluding carboxylic acids is 1. The van der Waals surface area contributed by atoms with Gasteiger partial charge in [0.25, 0.3) is 0 Å². The van der Waals surface area contributed by atoms with Crippen LogP contribution < -0.4 is 10.6 Å². The molecule has 4 rings (SSSR count). The second-order valence-corrected chi connectivity index (χ2v) is 11.2. The standard InChI is InChI=1S/C24H26F4N2O3S/c25-23(34(32,33)20-8-4-7-18(14-20)24(26,27)28)11-9-19(10-12-23)30-22(31)21-13-17(15-29-21)16-5-2-1-3-6-16/h1-8,14,17,19,21,29H,9-13,15H2,(H,30,31). The molecule has 1 saturated carbocycles. The predicted octanol–water partition coefficient (Wildman–Crippen LogP) is 4.35. The van der Waals surface area contributed by atoms with Crippen LogP contribution in [0.2, 0.25) is 0 Å². The van der Waals surface area contributed by atoms with Gasteiger partial charge in [-0.25, -0.2) is 12.8 Å². The van der Waals surface area contributed by atoms with E-state index in [9.17, 15) is 26.4 Å². The second kappa shape index (κ2) is 9.30. The van der Waals surface area contributed by atoms with Crippen molar-refractivity contribution >= 4 is 15.7 Å². The molecule has 2 aromatic rings. The smallest absolute Gasteiger partial charge is 0.352 e. The number of nitrogens with one attached hydrogen (secondary N) is 2. The molecular formula is C24H26F4N2O3S. The summed E-state index contributed by atoms with van der Waals surface area (Å²) in [5.41, 5.74) is 0.000901. The first-order valence-electron chi connectivity index (χ1n) is 11.2. The molecule has 2 atom stereocenters. The third-order valence-corrected chi connectivity index (χ3v) is 9.00. The van der Waals surface area contributed by atoms with Crippen LogP contribution in [-0.4, -0.2) is 38.0 Å². The lowest BCUT2D eigenvalue weighted by molar-refractivity contribution is -0.137. The molecule has 5 nitrogen and oxygen atoms in total. The zero-order chi connectivity index (χ0) is 24.6. The lowest BCUT2D eigenvalue weighted by atomic mass is 9.92. The highest BCUT2D eigenvalue weighted by Crippen LogP contribution is 2.41. The molecule has 2 aliphatic rings. The largest absolute Gasteiger partial charge is 0.416 e. The van der Waals surface area contributed by atoms with Crippen molar-refractivity contribution in [2.24, 2.45) is 0 Å². The van der Waals surface area contributed by atoms with E-state index in [2.05, 4.69) is 10.6 Å². The molecule has 1 aliphatic heterocycles. The van der Waals surface area contributed by atoms with Crippen molar-refractivity contribution in [2.45, 2.75) is 66.2 Å². The highest BCUT2D eigenvalue weighted by atomic mass is 32.2. The number of halogens is 4. The van der Waals surface area contributed by atoms with E-state index in [-0.39, 0.29) is 24.7 Å². The van der Waals surface area contributed by atoms with Crippen LogP contribution in [0.3, 0.4) is 0 Å². The SMILES string of the molecule is O=C(NC1CCC(F)(S(=O)(=O)c2cccc(C(F)(F)F)c2)CC1)C1CC(c2ccccc2)CN1. The van der Waals surface area contributed by atoms with Gasteiger partial charge < -0.3 is 10.6 Å². The van der Waals surface area contributed by atoms with Crippen LogP contribution >= 0.6 is 0 Å². The summed E-state index contributed by atoms with van der Waals surface area (Å²) in [5, 5.41) is 3.40. The third kappa shape index (κ3) is 4.98. The molecule has 0 aromatic heterocycles. The number of alkyl halides is 4. The van der Waals surface area contributed by atoms with E-state index in [0.29, 0.717) is 19.0 Å². The minimum absolute atomic E-state index is 0.0786. The van der Waals surface area contributed by atoms with Gasteiger partial charge in [0, 0.05) is 12.6 Å². The van der Waals surface area contributed by atoms with Crippen molar-refractivity contribution in [3.63, 3.8) is 0 Å². The normalized spacial score (nSPS) is 27.9. The highest BCUT2D eigenvalue weighted by molar-refractivity contribution is 7.92. The zero-order valence-electron chi connectivity index (χ0n) is 18.3. The summed E-state index contributed by atoms with van der Waals surface area (Å²) in [6.45, 7) is 0.662. The zero-order valence-corrected chi connectivity index (χ0v) is 19.1. The first-order valence-corrected chi connectivity index (χ1v) is 12.7. The van der Waals surface area contributed by atoms with E-state index in [1.165, 1.54) is 0 Å². The Kier molecular flexibility index (Phi) is 6.74. The molecule has 0 radical (unpaired) electrons. The molecule has 1 aliphatic carbocycles. The molecule has 2 fully saturated rings. The lowest BCUT2D eigenvalue weighted by Gasteiger charge is -2.34.